The van der Waals surface area contributed by atoms with Gasteiger partial charge in [0.05, 0.1) is 6.20 Å². The van der Waals surface area contributed by atoms with E-state index >= 15 is 0 Å². The molecule has 3 aromatic rings. The van der Waals surface area contributed by atoms with Gasteiger partial charge in [-0.05, 0) is 104 Å². The molecule has 8 heteroatoms. The maximum Gasteiger partial charge on any atom is 0.254 e. The van der Waals surface area contributed by atoms with Crippen LogP contribution in [0, 0.1) is 29.0 Å². The summed E-state index contributed by atoms with van der Waals surface area (Å²) in [5.74, 6) is 1.94. The minimum atomic E-state index is -0.532. The first-order valence-corrected chi connectivity index (χ1v) is 15.6. The average molecular weight is 583 g/mol. The Labute approximate surface area is 252 Å². The molecule has 0 radical (unpaired) electrons. The van der Waals surface area contributed by atoms with Crippen molar-refractivity contribution in [3.8, 4) is 16.9 Å². The van der Waals surface area contributed by atoms with Crippen molar-refractivity contribution in [1.82, 2.24) is 14.8 Å². The SMILES string of the molecule is CN(CC12CC3CC(CC(C3)C1)C2)C(=O)c1ccc(N2CCN(C(=O)c3ccc(-c4cncc(O)c4)c(F)c3)CC2)cc1. The predicted octanol–water partition coefficient (Wildman–Crippen LogP) is 5.84. The van der Waals surface area contributed by atoms with Crippen LogP contribution in [0.2, 0.25) is 0 Å². The van der Waals surface area contributed by atoms with Crippen LogP contribution in [0.4, 0.5) is 10.1 Å². The summed E-state index contributed by atoms with van der Waals surface area (Å²) in [5, 5.41) is 9.66. The van der Waals surface area contributed by atoms with E-state index in [0.29, 0.717) is 42.7 Å². The zero-order valence-corrected chi connectivity index (χ0v) is 24.7. The fourth-order valence-corrected chi connectivity index (χ4v) is 8.90. The Hall–Kier alpha value is -3.94. The Kier molecular flexibility index (Phi) is 7.10. The van der Waals surface area contributed by atoms with Crippen LogP contribution in [0.25, 0.3) is 11.1 Å². The van der Waals surface area contributed by atoms with Gasteiger partial charge in [-0.25, -0.2) is 4.39 Å². The van der Waals surface area contributed by atoms with Gasteiger partial charge in [0.15, 0.2) is 0 Å². The van der Waals surface area contributed by atoms with Gasteiger partial charge in [0.1, 0.15) is 11.6 Å². The molecule has 0 spiro atoms. The smallest absolute Gasteiger partial charge is 0.254 e. The van der Waals surface area contributed by atoms with E-state index in [1.54, 1.807) is 17.0 Å². The highest BCUT2D eigenvalue weighted by atomic mass is 19.1. The summed E-state index contributed by atoms with van der Waals surface area (Å²) >= 11 is 0. The van der Waals surface area contributed by atoms with Crippen LogP contribution in [-0.2, 0) is 0 Å². The first-order chi connectivity index (χ1) is 20.7. The van der Waals surface area contributed by atoms with E-state index < -0.39 is 5.82 Å². The molecule has 0 atom stereocenters. The molecule has 2 heterocycles. The van der Waals surface area contributed by atoms with Crippen LogP contribution in [-0.4, -0.2) is 71.5 Å². The van der Waals surface area contributed by atoms with Gasteiger partial charge in [0, 0.05) is 73.9 Å². The number of anilines is 1. The quantitative estimate of drug-likeness (QED) is 0.395. The summed E-state index contributed by atoms with van der Waals surface area (Å²) in [6, 6.07) is 13.7. The number of amides is 2. The molecule has 5 fully saturated rings. The average Bonchev–Trinajstić information content (AvgIpc) is 2.99. The molecule has 1 aromatic heterocycles. The molecule has 1 aliphatic heterocycles. The van der Waals surface area contributed by atoms with Crippen molar-refractivity contribution in [2.24, 2.45) is 23.2 Å². The maximum atomic E-state index is 14.9. The van der Waals surface area contributed by atoms with Crippen LogP contribution in [0.3, 0.4) is 0 Å². The third-order valence-electron chi connectivity index (χ3n) is 10.4. The second-order valence-corrected chi connectivity index (χ2v) is 13.5. The van der Waals surface area contributed by atoms with Gasteiger partial charge in [-0.1, -0.05) is 6.07 Å². The molecule has 4 saturated carbocycles. The Balaban J connectivity index is 0.943. The summed E-state index contributed by atoms with van der Waals surface area (Å²) < 4.78 is 14.9. The molecule has 1 saturated heterocycles. The molecule has 7 nitrogen and oxygen atoms in total. The Morgan fingerprint density at radius 2 is 1.53 bits per heavy atom. The second-order valence-electron chi connectivity index (χ2n) is 13.5. The Morgan fingerprint density at radius 3 is 2.14 bits per heavy atom. The Morgan fingerprint density at radius 1 is 0.907 bits per heavy atom. The lowest BCUT2D eigenvalue weighted by Crippen LogP contribution is -2.51. The van der Waals surface area contributed by atoms with Crippen molar-refractivity contribution >= 4 is 17.5 Å². The van der Waals surface area contributed by atoms with E-state index in [-0.39, 0.29) is 23.1 Å². The van der Waals surface area contributed by atoms with Gasteiger partial charge in [-0.3, -0.25) is 14.6 Å². The lowest BCUT2D eigenvalue weighted by molar-refractivity contribution is -0.0629. The van der Waals surface area contributed by atoms with Crippen molar-refractivity contribution in [2.45, 2.75) is 38.5 Å². The standard InChI is InChI=1S/C35H39FN4O3/c1-38(22-35-17-23-12-24(18-35)14-25(13-23)19-35)33(42)26-2-5-29(6-3-26)39-8-10-40(11-9-39)34(43)27-4-7-31(32(36)16-27)28-15-30(41)21-37-20-28/h2-7,15-16,20-21,23-25,41H,8-14,17-19,22H2,1H3. The van der Waals surface area contributed by atoms with Crippen molar-refractivity contribution < 1.29 is 19.1 Å². The number of benzene rings is 2. The number of halogens is 1. The topological polar surface area (TPSA) is 77.0 Å². The number of nitrogens with zero attached hydrogens (tertiary/aromatic N) is 4. The highest BCUT2D eigenvalue weighted by Crippen LogP contribution is 2.60. The molecular formula is C35H39FN4O3. The normalized spacial score (nSPS) is 26.0. The number of aromatic nitrogens is 1. The summed E-state index contributed by atoms with van der Waals surface area (Å²) in [6.07, 6.45) is 10.9. The highest BCUT2D eigenvalue weighted by Gasteiger charge is 2.51. The maximum absolute atomic E-state index is 14.9. The van der Waals surface area contributed by atoms with Crippen LogP contribution >= 0.6 is 0 Å². The monoisotopic (exact) mass is 582 g/mol. The first kappa shape index (κ1) is 27.9. The van der Waals surface area contributed by atoms with Gasteiger partial charge in [-0.15, -0.1) is 0 Å². The number of hydrogen-bond donors (Lipinski definition) is 1. The number of aromatic hydroxyl groups is 1. The van der Waals surface area contributed by atoms with E-state index in [2.05, 4.69) is 9.88 Å². The highest BCUT2D eigenvalue weighted by molar-refractivity contribution is 5.95. The van der Waals surface area contributed by atoms with E-state index in [4.69, 9.17) is 0 Å². The van der Waals surface area contributed by atoms with E-state index in [1.165, 1.54) is 63.1 Å². The van der Waals surface area contributed by atoms with Crippen LogP contribution < -0.4 is 4.90 Å². The van der Waals surface area contributed by atoms with E-state index in [9.17, 15) is 19.1 Å². The lowest BCUT2D eigenvalue weighted by Gasteiger charge is -2.57. The van der Waals surface area contributed by atoms with Crippen molar-refractivity contribution in [1.29, 1.82) is 0 Å². The van der Waals surface area contributed by atoms with Gasteiger partial charge in [0.25, 0.3) is 11.8 Å². The molecule has 2 aromatic carbocycles. The molecule has 8 rings (SSSR count). The third-order valence-corrected chi connectivity index (χ3v) is 10.4. The van der Waals surface area contributed by atoms with E-state index in [0.717, 1.165) is 35.5 Å². The number of piperazine rings is 1. The van der Waals surface area contributed by atoms with Crippen molar-refractivity contribution in [3.05, 3.63) is 77.9 Å². The number of carbonyl (C=O) groups excluding carboxylic acids is 2. The molecule has 4 aliphatic carbocycles. The van der Waals surface area contributed by atoms with Gasteiger partial charge >= 0.3 is 0 Å². The van der Waals surface area contributed by atoms with Gasteiger partial charge in [-0.2, -0.15) is 0 Å². The van der Waals surface area contributed by atoms with Gasteiger partial charge in [0.2, 0.25) is 0 Å². The summed E-state index contributed by atoms with van der Waals surface area (Å²) in [4.78, 5) is 36.4. The molecular weight excluding hydrogens is 543 g/mol. The molecule has 224 valence electrons. The Bertz CT molecular complexity index is 1500. The number of carbonyl (C=O) groups is 2. The minimum absolute atomic E-state index is 0.0454. The van der Waals surface area contributed by atoms with Crippen LogP contribution in [0.5, 0.6) is 5.75 Å². The zero-order chi connectivity index (χ0) is 29.7. The molecule has 0 unspecified atom stereocenters. The predicted molar refractivity (Wildman–Crippen MR) is 163 cm³/mol. The molecule has 1 N–H and O–H groups in total. The fraction of sp³-hybridized carbons (Fsp3) is 0.457. The van der Waals surface area contributed by atoms with Crippen molar-refractivity contribution in [3.63, 3.8) is 0 Å². The van der Waals surface area contributed by atoms with Crippen LogP contribution in [0.1, 0.15) is 59.2 Å². The zero-order valence-electron chi connectivity index (χ0n) is 24.7. The first-order valence-electron chi connectivity index (χ1n) is 15.6. The summed E-state index contributed by atoms with van der Waals surface area (Å²) in [7, 11) is 1.97. The summed E-state index contributed by atoms with van der Waals surface area (Å²) in [5.41, 5.74) is 3.10. The molecule has 2 amide bonds. The summed E-state index contributed by atoms with van der Waals surface area (Å²) in [6.45, 7) is 3.22. The fourth-order valence-electron chi connectivity index (χ4n) is 8.90. The van der Waals surface area contributed by atoms with Crippen molar-refractivity contribution in [2.75, 3.05) is 44.7 Å². The largest absolute Gasteiger partial charge is 0.506 e. The molecule has 5 aliphatic rings. The molecule has 43 heavy (non-hydrogen) atoms. The number of pyridine rings is 1. The van der Waals surface area contributed by atoms with Crippen LogP contribution in [0.15, 0.2) is 60.9 Å². The minimum Gasteiger partial charge on any atom is -0.506 e. The van der Waals surface area contributed by atoms with E-state index in [1.807, 2.05) is 36.2 Å². The number of hydrogen-bond acceptors (Lipinski definition) is 5. The number of rotatable bonds is 6. The lowest BCUT2D eigenvalue weighted by atomic mass is 9.49. The molecule has 4 bridgehead atoms. The second kappa shape index (κ2) is 11.0. The third kappa shape index (κ3) is 5.48. The van der Waals surface area contributed by atoms with Gasteiger partial charge < -0.3 is 19.8 Å².